The molecule has 0 aromatic heterocycles. The van der Waals surface area contributed by atoms with Crippen LogP contribution in [-0.2, 0) is 11.2 Å². The van der Waals surface area contributed by atoms with Crippen LogP contribution in [0.3, 0.4) is 0 Å². The summed E-state index contributed by atoms with van der Waals surface area (Å²) in [6.45, 7) is 0. The third-order valence-corrected chi connectivity index (χ3v) is 2.95. The molecule has 17 heavy (non-hydrogen) atoms. The quantitative estimate of drug-likeness (QED) is 0.820. The molecule has 0 heterocycles. The zero-order chi connectivity index (χ0) is 12.8. The van der Waals surface area contributed by atoms with Gasteiger partial charge in [-0.2, -0.15) is 0 Å². The molecule has 0 saturated heterocycles. The van der Waals surface area contributed by atoms with Gasteiger partial charge in [-0.1, -0.05) is 22.0 Å². The number of hydrogen-bond donors (Lipinski definition) is 1. The fraction of sp³-hybridized carbons (Fsp3) is 0.417. The standard InChI is InChI=1S/C12H15BrO4/c1-16-10-4-3-8(6-11(10)17-2)5-9(13)7-12(14)15/h3-4,6,9H,5,7H2,1-2H3,(H,14,15). The summed E-state index contributed by atoms with van der Waals surface area (Å²) in [6, 6.07) is 5.57. The Morgan fingerprint density at radius 1 is 1.35 bits per heavy atom. The third-order valence-electron chi connectivity index (χ3n) is 2.30. The van der Waals surface area contributed by atoms with E-state index < -0.39 is 5.97 Å². The summed E-state index contributed by atoms with van der Waals surface area (Å²) >= 11 is 3.34. The van der Waals surface area contributed by atoms with Gasteiger partial charge in [-0.15, -0.1) is 0 Å². The summed E-state index contributed by atoms with van der Waals surface area (Å²) in [6.07, 6.45) is 0.723. The molecule has 0 aliphatic rings. The summed E-state index contributed by atoms with van der Waals surface area (Å²) in [7, 11) is 3.15. The van der Waals surface area contributed by atoms with Crippen LogP contribution in [0.2, 0.25) is 0 Å². The van der Waals surface area contributed by atoms with Crippen molar-refractivity contribution in [1.82, 2.24) is 0 Å². The lowest BCUT2D eigenvalue weighted by molar-refractivity contribution is -0.136. The highest BCUT2D eigenvalue weighted by atomic mass is 79.9. The van der Waals surface area contributed by atoms with E-state index in [0.29, 0.717) is 17.9 Å². The van der Waals surface area contributed by atoms with Crippen LogP contribution in [0.25, 0.3) is 0 Å². The van der Waals surface area contributed by atoms with Gasteiger partial charge in [0.25, 0.3) is 0 Å². The lowest BCUT2D eigenvalue weighted by atomic mass is 10.1. The number of benzene rings is 1. The van der Waals surface area contributed by atoms with Crippen LogP contribution in [0, 0.1) is 0 Å². The maximum atomic E-state index is 10.5. The maximum Gasteiger partial charge on any atom is 0.304 e. The van der Waals surface area contributed by atoms with Crippen LogP contribution in [0.4, 0.5) is 0 Å². The van der Waals surface area contributed by atoms with Crippen LogP contribution >= 0.6 is 15.9 Å². The highest BCUT2D eigenvalue weighted by molar-refractivity contribution is 9.09. The predicted octanol–water partition coefficient (Wildman–Crippen LogP) is 2.48. The molecular formula is C12H15BrO4. The van der Waals surface area contributed by atoms with E-state index in [9.17, 15) is 4.79 Å². The molecular weight excluding hydrogens is 288 g/mol. The van der Waals surface area contributed by atoms with Gasteiger partial charge in [-0.3, -0.25) is 4.79 Å². The molecule has 0 radical (unpaired) electrons. The zero-order valence-corrected chi connectivity index (χ0v) is 11.4. The molecule has 0 saturated carbocycles. The molecule has 1 unspecified atom stereocenters. The van der Waals surface area contributed by atoms with E-state index in [-0.39, 0.29) is 11.2 Å². The fourth-order valence-corrected chi connectivity index (χ4v) is 2.18. The van der Waals surface area contributed by atoms with Crippen LogP contribution in [0.1, 0.15) is 12.0 Å². The van der Waals surface area contributed by atoms with E-state index in [1.807, 2.05) is 18.2 Å². The number of carboxylic acids is 1. The third kappa shape index (κ3) is 4.26. The SMILES string of the molecule is COc1ccc(CC(Br)CC(=O)O)cc1OC. The van der Waals surface area contributed by atoms with Gasteiger partial charge < -0.3 is 14.6 Å². The largest absolute Gasteiger partial charge is 0.493 e. The van der Waals surface area contributed by atoms with E-state index in [1.165, 1.54) is 0 Å². The van der Waals surface area contributed by atoms with E-state index in [1.54, 1.807) is 14.2 Å². The summed E-state index contributed by atoms with van der Waals surface area (Å²) < 4.78 is 10.3. The second-order valence-electron chi connectivity index (χ2n) is 3.59. The topological polar surface area (TPSA) is 55.8 Å². The molecule has 0 spiro atoms. The van der Waals surface area contributed by atoms with Crippen molar-refractivity contribution in [1.29, 1.82) is 0 Å². The van der Waals surface area contributed by atoms with Crippen molar-refractivity contribution in [3.63, 3.8) is 0 Å². The van der Waals surface area contributed by atoms with Gasteiger partial charge in [0.05, 0.1) is 20.6 Å². The first-order valence-electron chi connectivity index (χ1n) is 5.13. The number of hydrogen-bond acceptors (Lipinski definition) is 3. The van der Waals surface area contributed by atoms with Gasteiger partial charge in [-0.25, -0.2) is 0 Å². The molecule has 0 amide bonds. The van der Waals surface area contributed by atoms with Gasteiger partial charge in [0.1, 0.15) is 0 Å². The van der Waals surface area contributed by atoms with Crippen LogP contribution in [-0.4, -0.2) is 30.1 Å². The summed E-state index contributed by atoms with van der Waals surface area (Å²) in [5, 5.41) is 8.67. The molecule has 4 nitrogen and oxygen atoms in total. The molecule has 1 aromatic carbocycles. The monoisotopic (exact) mass is 302 g/mol. The zero-order valence-electron chi connectivity index (χ0n) is 9.77. The molecule has 0 aliphatic heterocycles. The number of methoxy groups -OCH3 is 2. The number of aliphatic carboxylic acids is 1. The van der Waals surface area contributed by atoms with E-state index >= 15 is 0 Å². The number of halogens is 1. The summed E-state index contributed by atoms with van der Waals surface area (Å²) in [5.74, 6) is 0.507. The molecule has 1 rings (SSSR count). The number of alkyl halides is 1. The number of rotatable bonds is 6. The van der Waals surface area contributed by atoms with Crippen LogP contribution < -0.4 is 9.47 Å². The van der Waals surface area contributed by atoms with Crippen molar-refractivity contribution in [3.8, 4) is 11.5 Å². The van der Waals surface area contributed by atoms with Crippen molar-refractivity contribution >= 4 is 21.9 Å². The average Bonchev–Trinajstić information content (AvgIpc) is 2.27. The minimum Gasteiger partial charge on any atom is -0.493 e. The first-order chi connectivity index (χ1) is 8.06. The Balaban J connectivity index is 2.75. The number of carboxylic acid groups (broad SMARTS) is 1. The molecule has 1 aromatic rings. The van der Waals surface area contributed by atoms with Crippen molar-refractivity contribution in [2.45, 2.75) is 17.7 Å². The van der Waals surface area contributed by atoms with E-state index in [2.05, 4.69) is 15.9 Å². The summed E-state index contributed by atoms with van der Waals surface area (Å²) in [4.78, 5) is 10.5. The van der Waals surface area contributed by atoms with Gasteiger partial charge in [0, 0.05) is 4.83 Å². The highest BCUT2D eigenvalue weighted by Gasteiger charge is 2.12. The first-order valence-corrected chi connectivity index (χ1v) is 6.05. The Labute approximate surface area is 109 Å². The average molecular weight is 303 g/mol. The van der Waals surface area contributed by atoms with Crippen LogP contribution in [0.15, 0.2) is 18.2 Å². The normalized spacial score (nSPS) is 11.9. The second-order valence-corrected chi connectivity index (χ2v) is 4.88. The van der Waals surface area contributed by atoms with E-state index in [4.69, 9.17) is 14.6 Å². The Morgan fingerprint density at radius 3 is 2.53 bits per heavy atom. The Hall–Kier alpha value is -1.23. The van der Waals surface area contributed by atoms with Gasteiger partial charge >= 0.3 is 5.97 Å². The molecule has 0 aliphatic carbocycles. The maximum absolute atomic E-state index is 10.5. The molecule has 1 atom stereocenters. The Bertz CT molecular complexity index is 392. The van der Waals surface area contributed by atoms with Crippen molar-refractivity contribution in [3.05, 3.63) is 23.8 Å². The van der Waals surface area contributed by atoms with Crippen molar-refractivity contribution in [2.75, 3.05) is 14.2 Å². The Kier molecular flexibility index (Phi) is 5.28. The molecule has 94 valence electrons. The lowest BCUT2D eigenvalue weighted by Crippen LogP contribution is -2.09. The smallest absolute Gasteiger partial charge is 0.304 e. The fourth-order valence-electron chi connectivity index (χ4n) is 1.53. The lowest BCUT2D eigenvalue weighted by Gasteiger charge is -2.11. The minimum absolute atomic E-state index is 0.0851. The van der Waals surface area contributed by atoms with Gasteiger partial charge in [-0.05, 0) is 24.1 Å². The van der Waals surface area contributed by atoms with Crippen molar-refractivity contribution in [2.24, 2.45) is 0 Å². The molecule has 0 fully saturated rings. The second kappa shape index (κ2) is 6.49. The first kappa shape index (κ1) is 13.8. The predicted molar refractivity (Wildman–Crippen MR) is 68.2 cm³/mol. The molecule has 1 N–H and O–H groups in total. The highest BCUT2D eigenvalue weighted by Crippen LogP contribution is 2.28. The van der Waals surface area contributed by atoms with Gasteiger partial charge in [0.2, 0.25) is 0 Å². The minimum atomic E-state index is -0.813. The number of ether oxygens (including phenoxy) is 2. The molecule has 5 heteroatoms. The van der Waals surface area contributed by atoms with Crippen molar-refractivity contribution < 1.29 is 19.4 Å². The van der Waals surface area contributed by atoms with Crippen LogP contribution in [0.5, 0.6) is 11.5 Å². The summed E-state index contributed by atoms with van der Waals surface area (Å²) in [5.41, 5.74) is 1.01. The number of carbonyl (C=O) groups is 1. The molecule has 0 bridgehead atoms. The Morgan fingerprint density at radius 2 is 2.00 bits per heavy atom. The van der Waals surface area contributed by atoms with E-state index in [0.717, 1.165) is 5.56 Å². The van der Waals surface area contributed by atoms with Gasteiger partial charge in [0.15, 0.2) is 11.5 Å².